The normalized spacial score (nSPS) is 13.4. The van der Waals surface area contributed by atoms with E-state index in [0.717, 1.165) is 17.7 Å². The van der Waals surface area contributed by atoms with Crippen molar-refractivity contribution in [3.8, 4) is 0 Å². The van der Waals surface area contributed by atoms with Crippen LogP contribution in [0, 0.1) is 11.6 Å². The Hall–Kier alpha value is -3.10. The molecule has 0 spiro atoms. The van der Waals surface area contributed by atoms with Gasteiger partial charge in [-0.2, -0.15) is 4.72 Å². The second-order valence-corrected chi connectivity index (χ2v) is 8.76. The Labute approximate surface area is 180 Å². The van der Waals surface area contributed by atoms with Crippen molar-refractivity contribution in [3.05, 3.63) is 102 Å². The van der Waals surface area contributed by atoms with E-state index < -0.39 is 44.5 Å². The summed E-state index contributed by atoms with van der Waals surface area (Å²) in [5.74, 6) is -1.89. The van der Waals surface area contributed by atoms with E-state index in [1.54, 1.807) is 37.3 Å². The summed E-state index contributed by atoms with van der Waals surface area (Å²) in [5, 5.41) is 2.74. The number of hydrogen-bond acceptors (Lipinski definition) is 3. The lowest BCUT2D eigenvalue weighted by molar-refractivity contribution is -0.123. The third kappa shape index (κ3) is 5.96. The molecule has 2 atom stereocenters. The summed E-state index contributed by atoms with van der Waals surface area (Å²) in [6, 6.07) is 17.8. The summed E-state index contributed by atoms with van der Waals surface area (Å²) < 4.78 is 55.1. The minimum atomic E-state index is -4.30. The molecule has 0 aliphatic heterocycles. The van der Waals surface area contributed by atoms with Gasteiger partial charge in [0.15, 0.2) is 0 Å². The largest absolute Gasteiger partial charge is 0.348 e. The van der Waals surface area contributed by atoms with Crippen molar-refractivity contribution in [3.63, 3.8) is 0 Å². The first-order valence-corrected chi connectivity index (χ1v) is 11.1. The Kier molecular flexibility index (Phi) is 7.14. The van der Waals surface area contributed by atoms with Gasteiger partial charge in [-0.3, -0.25) is 4.79 Å². The first kappa shape index (κ1) is 22.6. The van der Waals surface area contributed by atoms with E-state index in [2.05, 4.69) is 10.0 Å². The molecule has 0 radical (unpaired) electrons. The molecule has 0 fully saturated rings. The molecule has 2 unspecified atom stereocenters. The minimum Gasteiger partial charge on any atom is -0.348 e. The molecule has 2 N–H and O–H groups in total. The first-order valence-electron chi connectivity index (χ1n) is 9.63. The summed E-state index contributed by atoms with van der Waals surface area (Å²) >= 11 is 0. The Balaban J connectivity index is 1.84. The monoisotopic (exact) mass is 444 g/mol. The van der Waals surface area contributed by atoms with Crippen LogP contribution in [0.25, 0.3) is 0 Å². The van der Waals surface area contributed by atoms with Crippen LogP contribution >= 0.6 is 0 Å². The molecule has 3 rings (SSSR count). The predicted molar refractivity (Wildman–Crippen MR) is 114 cm³/mol. The molecule has 162 valence electrons. The fourth-order valence-electron chi connectivity index (χ4n) is 3.10. The molecule has 0 heterocycles. The zero-order chi connectivity index (χ0) is 22.4. The number of rotatable bonds is 8. The molecule has 0 saturated heterocycles. The lowest BCUT2D eigenvalue weighted by atomic mass is 10.0. The van der Waals surface area contributed by atoms with Crippen LogP contribution in [0.3, 0.4) is 0 Å². The molecule has 3 aromatic carbocycles. The number of halogens is 2. The van der Waals surface area contributed by atoms with Gasteiger partial charge in [-0.1, -0.05) is 54.6 Å². The van der Waals surface area contributed by atoms with Gasteiger partial charge in [0.05, 0.1) is 6.04 Å². The highest BCUT2D eigenvalue weighted by atomic mass is 32.2. The van der Waals surface area contributed by atoms with Crippen LogP contribution in [-0.2, 0) is 21.2 Å². The Morgan fingerprint density at radius 1 is 0.903 bits per heavy atom. The highest BCUT2D eigenvalue weighted by Crippen LogP contribution is 2.17. The lowest BCUT2D eigenvalue weighted by Crippen LogP contribution is -2.48. The number of nitrogens with one attached hydrogen (secondary N) is 2. The van der Waals surface area contributed by atoms with E-state index in [1.165, 1.54) is 36.4 Å². The highest BCUT2D eigenvalue weighted by Gasteiger charge is 2.28. The second kappa shape index (κ2) is 9.80. The number of hydrogen-bond donors (Lipinski definition) is 2. The van der Waals surface area contributed by atoms with Crippen molar-refractivity contribution in [2.45, 2.75) is 30.3 Å². The Morgan fingerprint density at radius 3 is 2.16 bits per heavy atom. The minimum absolute atomic E-state index is 0.0660. The number of amides is 1. The van der Waals surface area contributed by atoms with Gasteiger partial charge >= 0.3 is 0 Å². The van der Waals surface area contributed by atoms with E-state index in [1.807, 2.05) is 0 Å². The number of sulfonamides is 1. The zero-order valence-corrected chi connectivity index (χ0v) is 17.6. The Bertz CT molecular complexity index is 1140. The molecule has 3 aromatic rings. The van der Waals surface area contributed by atoms with Gasteiger partial charge < -0.3 is 5.32 Å². The summed E-state index contributed by atoms with van der Waals surface area (Å²) in [6.45, 7) is 1.70. The third-order valence-electron chi connectivity index (χ3n) is 4.75. The van der Waals surface area contributed by atoms with Crippen LogP contribution in [0.4, 0.5) is 8.78 Å². The van der Waals surface area contributed by atoms with Gasteiger partial charge in [0, 0.05) is 0 Å². The second-order valence-electron chi connectivity index (χ2n) is 7.08. The fourth-order valence-corrected chi connectivity index (χ4v) is 4.37. The van der Waals surface area contributed by atoms with Crippen molar-refractivity contribution < 1.29 is 22.0 Å². The van der Waals surface area contributed by atoms with Crippen LogP contribution in [0.2, 0.25) is 0 Å². The van der Waals surface area contributed by atoms with Crippen molar-refractivity contribution >= 4 is 15.9 Å². The fraction of sp³-hybridized carbons (Fsp3) is 0.174. The van der Waals surface area contributed by atoms with Gasteiger partial charge in [-0.05, 0) is 48.7 Å². The number of benzene rings is 3. The molecule has 0 bridgehead atoms. The number of carbonyl (C=O) groups is 1. The third-order valence-corrected chi connectivity index (χ3v) is 6.26. The standard InChI is InChI=1S/C23H22F2N2O3S/c1-16(18-11-13-19(24)14-12-18)26-23(28)21(15-17-7-3-2-4-8-17)27-31(29,30)22-10-6-5-9-20(22)25/h2-14,16,21,27H,15H2,1H3,(H,26,28). The van der Waals surface area contributed by atoms with E-state index in [9.17, 15) is 22.0 Å². The molecular weight excluding hydrogens is 422 g/mol. The molecule has 0 aliphatic carbocycles. The van der Waals surface area contributed by atoms with Gasteiger partial charge in [-0.15, -0.1) is 0 Å². The van der Waals surface area contributed by atoms with Gasteiger partial charge in [0.2, 0.25) is 15.9 Å². The number of carbonyl (C=O) groups excluding carboxylic acids is 1. The molecule has 0 aromatic heterocycles. The topological polar surface area (TPSA) is 75.3 Å². The van der Waals surface area contributed by atoms with Crippen LogP contribution in [0.1, 0.15) is 24.1 Å². The zero-order valence-electron chi connectivity index (χ0n) is 16.8. The van der Waals surface area contributed by atoms with Crippen LogP contribution < -0.4 is 10.0 Å². The van der Waals surface area contributed by atoms with Crippen LogP contribution in [-0.4, -0.2) is 20.4 Å². The molecule has 8 heteroatoms. The summed E-state index contributed by atoms with van der Waals surface area (Å²) in [6.07, 6.45) is 0.0660. The van der Waals surface area contributed by atoms with Crippen LogP contribution in [0.15, 0.2) is 83.8 Å². The lowest BCUT2D eigenvalue weighted by Gasteiger charge is -2.22. The van der Waals surface area contributed by atoms with Gasteiger partial charge in [0.25, 0.3) is 0 Å². The summed E-state index contributed by atoms with van der Waals surface area (Å²) in [4.78, 5) is 12.5. The van der Waals surface area contributed by atoms with Crippen molar-refractivity contribution in [1.29, 1.82) is 0 Å². The smallest absolute Gasteiger partial charge is 0.244 e. The van der Waals surface area contributed by atoms with Crippen molar-refractivity contribution in [2.75, 3.05) is 0 Å². The average Bonchev–Trinajstić information content (AvgIpc) is 2.74. The van der Waals surface area contributed by atoms with Gasteiger partial charge in [0.1, 0.15) is 22.6 Å². The molecule has 31 heavy (non-hydrogen) atoms. The maximum absolute atomic E-state index is 14.1. The van der Waals surface area contributed by atoms with Crippen molar-refractivity contribution in [2.24, 2.45) is 0 Å². The van der Waals surface area contributed by atoms with Gasteiger partial charge in [-0.25, -0.2) is 17.2 Å². The van der Waals surface area contributed by atoms with Crippen molar-refractivity contribution in [1.82, 2.24) is 10.0 Å². The summed E-state index contributed by atoms with van der Waals surface area (Å²) in [5.41, 5.74) is 1.39. The SMILES string of the molecule is CC(NC(=O)C(Cc1ccccc1)NS(=O)(=O)c1ccccc1F)c1ccc(F)cc1. The average molecular weight is 445 g/mol. The first-order chi connectivity index (χ1) is 14.8. The van der Waals surface area contributed by atoms with E-state index in [-0.39, 0.29) is 6.42 Å². The molecule has 1 amide bonds. The molecule has 5 nitrogen and oxygen atoms in total. The molecular formula is C23H22F2N2O3S. The molecule has 0 saturated carbocycles. The predicted octanol–water partition coefficient (Wildman–Crippen LogP) is 3.73. The van der Waals surface area contributed by atoms with E-state index in [4.69, 9.17) is 0 Å². The maximum Gasteiger partial charge on any atom is 0.244 e. The highest BCUT2D eigenvalue weighted by molar-refractivity contribution is 7.89. The van der Waals surface area contributed by atoms with E-state index in [0.29, 0.717) is 5.56 Å². The van der Waals surface area contributed by atoms with E-state index >= 15 is 0 Å². The maximum atomic E-state index is 14.1. The Morgan fingerprint density at radius 2 is 1.52 bits per heavy atom. The molecule has 0 aliphatic rings. The summed E-state index contributed by atoms with van der Waals surface area (Å²) in [7, 11) is -4.30. The van der Waals surface area contributed by atoms with Crippen LogP contribution in [0.5, 0.6) is 0 Å². The quantitative estimate of drug-likeness (QED) is 0.556.